The molecule has 0 amide bonds. The molecule has 1 N–H and O–H groups in total. The molecule has 1 aliphatic rings. The van der Waals surface area contributed by atoms with Crippen LogP contribution in [-0.4, -0.2) is 12.6 Å². The Hall–Kier alpha value is -0.410. The van der Waals surface area contributed by atoms with Gasteiger partial charge in [-0.05, 0) is 59.7 Å². The van der Waals surface area contributed by atoms with Gasteiger partial charge in [-0.3, -0.25) is 0 Å². The maximum absolute atomic E-state index is 6.21. The molecule has 2 rings (SSSR count). The van der Waals surface area contributed by atoms with Gasteiger partial charge in [0.1, 0.15) is 0 Å². The van der Waals surface area contributed by atoms with Crippen molar-refractivity contribution in [2.45, 2.75) is 52.5 Å². The van der Waals surface area contributed by atoms with Gasteiger partial charge in [-0.2, -0.15) is 0 Å². The van der Waals surface area contributed by atoms with E-state index in [0.29, 0.717) is 24.5 Å². The molecule has 118 valence electrons. The van der Waals surface area contributed by atoms with Crippen molar-refractivity contribution < 1.29 is 4.74 Å². The molecular weight excluding hydrogens is 350 g/mol. The molecule has 1 aromatic carbocycles. The Bertz CT molecular complexity index is 478. The molecule has 0 heterocycles. The SMILES string of the molecule is CCOc1c(Br)cc(Cl)cc1NC1CCCCC1C(C)C. The highest BCUT2D eigenvalue weighted by molar-refractivity contribution is 9.10. The van der Waals surface area contributed by atoms with Crippen molar-refractivity contribution >= 4 is 33.2 Å². The summed E-state index contributed by atoms with van der Waals surface area (Å²) in [5.41, 5.74) is 1.01. The zero-order valence-corrected chi connectivity index (χ0v) is 15.4. The summed E-state index contributed by atoms with van der Waals surface area (Å²) in [5, 5.41) is 4.43. The summed E-state index contributed by atoms with van der Waals surface area (Å²) < 4.78 is 6.71. The van der Waals surface area contributed by atoms with Gasteiger partial charge in [0, 0.05) is 11.1 Å². The standard InChI is InChI=1S/C17H25BrClNO/c1-4-21-17-14(18)9-12(19)10-16(17)20-15-8-6-5-7-13(15)11(2)3/h9-11,13,15,20H,4-8H2,1-3H3. The van der Waals surface area contributed by atoms with Crippen molar-refractivity contribution in [3.63, 3.8) is 0 Å². The van der Waals surface area contributed by atoms with Crippen LogP contribution in [0.4, 0.5) is 5.69 Å². The lowest BCUT2D eigenvalue weighted by atomic mass is 9.78. The van der Waals surface area contributed by atoms with Crippen LogP contribution < -0.4 is 10.1 Å². The van der Waals surface area contributed by atoms with Crippen LogP contribution in [0.15, 0.2) is 16.6 Å². The average Bonchev–Trinajstić information content (AvgIpc) is 2.43. The average molecular weight is 375 g/mol. The molecule has 2 nitrogen and oxygen atoms in total. The third-order valence-electron chi connectivity index (χ3n) is 4.31. The normalized spacial score (nSPS) is 22.4. The number of hydrogen-bond donors (Lipinski definition) is 1. The number of ether oxygens (including phenoxy) is 1. The minimum atomic E-state index is 0.503. The van der Waals surface area contributed by atoms with E-state index in [9.17, 15) is 0 Å². The predicted molar refractivity (Wildman–Crippen MR) is 94.5 cm³/mol. The first-order chi connectivity index (χ1) is 10.0. The predicted octanol–water partition coefficient (Wildman–Crippen LogP) is 6.13. The Balaban J connectivity index is 2.24. The molecule has 1 aromatic rings. The molecule has 1 aliphatic carbocycles. The van der Waals surface area contributed by atoms with Gasteiger partial charge in [0.15, 0.2) is 5.75 Å². The van der Waals surface area contributed by atoms with Crippen molar-refractivity contribution in [2.75, 3.05) is 11.9 Å². The first-order valence-electron chi connectivity index (χ1n) is 7.91. The Morgan fingerprint density at radius 2 is 2.05 bits per heavy atom. The summed E-state index contributed by atoms with van der Waals surface area (Å²) >= 11 is 9.77. The van der Waals surface area contributed by atoms with Crippen molar-refractivity contribution in [3.05, 3.63) is 21.6 Å². The molecule has 0 aromatic heterocycles. The largest absolute Gasteiger partial charge is 0.491 e. The van der Waals surface area contributed by atoms with E-state index >= 15 is 0 Å². The fourth-order valence-corrected chi connectivity index (χ4v) is 4.22. The van der Waals surface area contributed by atoms with E-state index in [0.717, 1.165) is 20.9 Å². The van der Waals surface area contributed by atoms with Crippen molar-refractivity contribution in [1.82, 2.24) is 0 Å². The Morgan fingerprint density at radius 3 is 2.71 bits per heavy atom. The van der Waals surface area contributed by atoms with E-state index in [2.05, 4.69) is 35.1 Å². The minimum absolute atomic E-state index is 0.503. The van der Waals surface area contributed by atoms with Crippen LogP contribution in [0.3, 0.4) is 0 Å². The molecule has 0 radical (unpaired) electrons. The first kappa shape index (κ1) is 17.0. The Labute approximate surface area is 141 Å². The zero-order valence-electron chi connectivity index (χ0n) is 13.1. The highest BCUT2D eigenvalue weighted by atomic mass is 79.9. The summed E-state index contributed by atoms with van der Waals surface area (Å²) in [6, 6.07) is 4.37. The molecule has 0 bridgehead atoms. The van der Waals surface area contributed by atoms with E-state index in [1.807, 2.05) is 19.1 Å². The van der Waals surface area contributed by atoms with Crippen molar-refractivity contribution in [2.24, 2.45) is 11.8 Å². The summed E-state index contributed by atoms with van der Waals surface area (Å²) in [6.07, 6.45) is 5.17. The number of rotatable bonds is 5. The number of halogens is 2. The second-order valence-electron chi connectivity index (χ2n) is 6.14. The quantitative estimate of drug-likeness (QED) is 0.669. The van der Waals surface area contributed by atoms with Gasteiger partial charge >= 0.3 is 0 Å². The molecule has 0 saturated heterocycles. The molecule has 2 atom stereocenters. The maximum atomic E-state index is 6.21. The van der Waals surface area contributed by atoms with E-state index in [1.54, 1.807) is 0 Å². The van der Waals surface area contributed by atoms with Crippen LogP contribution in [0.1, 0.15) is 46.5 Å². The molecule has 0 aliphatic heterocycles. The van der Waals surface area contributed by atoms with Crippen LogP contribution >= 0.6 is 27.5 Å². The number of anilines is 1. The van der Waals surface area contributed by atoms with Crippen LogP contribution in [0.25, 0.3) is 0 Å². The summed E-state index contributed by atoms with van der Waals surface area (Å²) in [5.74, 6) is 2.28. The van der Waals surface area contributed by atoms with Gasteiger partial charge in [-0.15, -0.1) is 0 Å². The second kappa shape index (κ2) is 7.73. The monoisotopic (exact) mass is 373 g/mol. The van der Waals surface area contributed by atoms with Crippen molar-refractivity contribution in [3.8, 4) is 5.75 Å². The van der Waals surface area contributed by atoms with E-state index in [4.69, 9.17) is 16.3 Å². The van der Waals surface area contributed by atoms with E-state index in [-0.39, 0.29) is 0 Å². The van der Waals surface area contributed by atoms with Gasteiger partial charge in [0.05, 0.1) is 16.8 Å². The van der Waals surface area contributed by atoms with E-state index < -0.39 is 0 Å². The Morgan fingerprint density at radius 1 is 1.33 bits per heavy atom. The van der Waals surface area contributed by atoms with Crippen LogP contribution in [0.5, 0.6) is 5.75 Å². The molecule has 1 saturated carbocycles. The lowest BCUT2D eigenvalue weighted by molar-refractivity contribution is 0.253. The molecule has 21 heavy (non-hydrogen) atoms. The van der Waals surface area contributed by atoms with Gasteiger partial charge in [-0.1, -0.05) is 38.3 Å². The summed E-state index contributed by atoms with van der Waals surface area (Å²) in [4.78, 5) is 0. The number of nitrogens with one attached hydrogen (secondary N) is 1. The Kier molecular flexibility index (Phi) is 6.24. The number of benzene rings is 1. The van der Waals surface area contributed by atoms with Gasteiger partial charge in [0.25, 0.3) is 0 Å². The molecule has 2 unspecified atom stereocenters. The summed E-state index contributed by atoms with van der Waals surface area (Å²) in [6.45, 7) is 7.29. The van der Waals surface area contributed by atoms with Crippen LogP contribution in [-0.2, 0) is 0 Å². The minimum Gasteiger partial charge on any atom is -0.491 e. The third kappa shape index (κ3) is 4.29. The number of hydrogen-bond acceptors (Lipinski definition) is 2. The van der Waals surface area contributed by atoms with Crippen LogP contribution in [0, 0.1) is 11.8 Å². The molecule has 4 heteroatoms. The smallest absolute Gasteiger partial charge is 0.156 e. The first-order valence-corrected chi connectivity index (χ1v) is 9.08. The van der Waals surface area contributed by atoms with E-state index in [1.165, 1.54) is 25.7 Å². The van der Waals surface area contributed by atoms with Crippen molar-refractivity contribution in [1.29, 1.82) is 0 Å². The van der Waals surface area contributed by atoms with Gasteiger partial charge in [-0.25, -0.2) is 0 Å². The molecule has 0 spiro atoms. The lowest BCUT2D eigenvalue weighted by Gasteiger charge is -2.36. The lowest BCUT2D eigenvalue weighted by Crippen LogP contribution is -2.35. The highest BCUT2D eigenvalue weighted by Gasteiger charge is 2.28. The zero-order chi connectivity index (χ0) is 15.4. The highest BCUT2D eigenvalue weighted by Crippen LogP contribution is 2.39. The van der Waals surface area contributed by atoms with Gasteiger partial charge in [0.2, 0.25) is 0 Å². The maximum Gasteiger partial charge on any atom is 0.156 e. The fraction of sp³-hybridized carbons (Fsp3) is 0.647. The topological polar surface area (TPSA) is 21.3 Å². The molecular formula is C17H25BrClNO. The molecule has 1 fully saturated rings. The summed E-state index contributed by atoms with van der Waals surface area (Å²) in [7, 11) is 0. The van der Waals surface area contributed by atoms with Crippen LogP contribution in [0.2, 0.25) is 5.02 Å². The second-order valence-corrected chi connectivity index (χ2v) is 7.43. The third-order valence-corrected chi connectivity index (χ3v) is 5.12. The fourth-order valence-electron chi connectivity index (χ4n) is 3.30. The van der Waals surface area contributed by atoms with Gasteiger partial charge < -0.3 is 10.1 Å².